The maximum atomic E-state index is 17.0. The quantitative estimate of drug-likeness (QED) is 0.301. The Morgan fingerprint density at radius 1 is 1.22 bits per heavy atom. The van der Waals surface area contributed by atoms with Gasteiger partial charge in [0.25, 0.3) is 5.92 Å². The first-order valence-electron chi connectivity index (χ1n) is 15.4. The molecule has 242 valence electrons. The lowest BCUT2D eigenvalue weighted by atomic mass is 9.94. The summed E-state index contributed by atoms with van der Waals surface area (Å²) < 4.78 is 57.5. The molecule has 9 rings (SSSR count). The van der Waals surface area contributed by atoms with Crippen LogP contribution in [0.4, 0.5) is 23.8 Å². The number of halogens is 4. The highest BCUT2D eigenvalue weighted by atomic mass is 35.5. The Bertz CT molecular complexity index is 1890. The third kappa shape index (κ3) is 4.88. The van der Waals surface area contributed by atoms with Crippen molar-refractivity contribution >= 4 is 45.3 Å². The van der Waals surface area contributed by atoms with Crippen LogP contribution in [-0.2, 0) is 4.74 Å². The van der Waals surface area contributed by atoms with Gasteiger partial charge in [-0.25, -0.2) is 18.0 Å². The number of alkyl halides is 2. The van der Waals surface area contributed by atoms with Gasteiger partial charge in [0.15, 0.2) is 5.82 Å². The van der Waals surface area contributed by atoms with Gasteiger partial charge in [-0.2, -0.15) is 15.1 Å². The van der Waals surface area contributed by atoms with E-state index in [9.17, 15) is 13.6 Å². The Kier molecular flexibility index (Phi) is 6.77. The number of nitrogens with one attached hydrogen (secondary N) is 2. The van der Waals surface area contributed by atoms with Crippen LogP contribution in [0, 0.1) is 17.2 Å². The highest BCUT2D eigenvalue weighted by Gasteiger charge is 2.71. The number of anilines is 1. The lowest BCUT2D eigenvalue weighted by molar-refractivity contribution is 0.0288. The molecular weight excluding hydrogens is 625 g/mol. The summed E-state index contributed by atoms with van der Waals surface area (Å²) in [6.45, 7) is 0.867. The van der Waals surface area contributed by atoms with E-state index in [4.69, 9.17) is 21.1 Å². The van der Waals surface area contributed by atoms with Crippen molar-refractivity contribution in [3.05, 3.63) is 34.9 Å². The predicted molar refractivity (Wildman–Crippen MR) is 164 cm³/mol. The Hall–Kier alpha value is -3.91. The fourth-order valence-electron chi connectivity index (χ4n) is 7.26. The van der Waals surface area contributed by atoms with Crippen molar-refractivity contribution in [1.29, 1.82) is 0 Å². The lowest BCUT2D eigenvalue weighted by Crippen LogP contribution is -2.37. The fraction of sp³-hybridized carbons (Fsp3) is 0.516. The topological polar surface area (TPSA) is 121 Å². The monoisotopic (exact) mass is 656 g/mol. The number of carbonyl (C=O) groups excluding carboxylic acids is 1. The van der Waals surface area contributed by atoms with Gasteiger partial charge >= 0.3 is 12.1 Å². The maximum absolute atomic E-state index is 17.0. The largest absolute Gasteiger partial charge is 0.463 e. The van der Waals surface area contributed by atoms with Crippen molar-refractivity contribution in [3.8, 4) is 17.3 Å². The second-order valence-electron chi connectivity index (χ2n) is 13.3. The number of hydrogen-bond acceptors (Lipinski definition) is 9. The first kappa shape index (κ1) is 29.5. The molecule has 6 bridgehead atoms. The number of ether oxygens (including phenoxy) is 2. The number of amides is 1. The van der Waals surface area contributed by atoms with Gasteiger partial charge in [0.2, 0.25) is 0 Å². The van der Waals surface area contributed by atoms with E-state index in [0.717, 1.165) is 12.0 Å². The second kappa shape index (κ2) is 10.6. The van der Waals surface area contributed by atoms with Crippen molar-refractivity contribution < 1.29 is 27.4 Å². The number of rotatable bonds is 5. The van der Waals surface area contributed by atoms with Crippen LogP contribution < -0.4 is 15.0 Å². The highest BCUT2D eigenvalue weighted by molar-refractivity contribution is 6.33. The summed E-state index contributed by atoms with van der Waals surface area (Å²) in [5, 5.41) is 11.5. The van der Waals surface area contributed by atoms with Crippen molar-refractivity contribution in [1.82, 2.24) is 35.4 Å². The van der Waals surface area contributed by atoms with Crippen molar-refractivity contribution in [2.24, 2.45) is 11.3 Å². The number of fused-ring (bicyclic) bond motifs is 6. The van der Waals surface area contributed by atoms with Crippen LogP contribution in [0.5, 0.6) is 6.01 Å². The zero-order valence-electron chi connectivity index (χ0n) is 25.2. The minimum absolute atomic E-state index is 0.00360. The third-order valence-electron chi connectivity index (χ3n) is 9.75. The van der Waals surface area contributed by atoms with Gasteiger partial charge in [-0.15, -0.1) is 0 Å². The van der Waals surface area contributed by atoms with Gasteiger partial charge in [0, 0.05) is 48.2 Å². The van der Waals surface area contributed by atoms with Crippen LogP contribution in [0.2, 0.25) is 5.02 Å². The summed E-state index contributed by atoms with van der Waals surface area (Å²) in [5.74, 6) is -3.09. The lowest BCUT2D eigenvalue weighted by Gasteiger charge is -2.23. The Morgan fingerprint density at radius 3 is 2.83 bits per heavy atom. The molecule has 2 aliphatic carbocycles. The van der Waals surface area contributed by atoms with Crippen molar-refractivity contribution in [2.45, 2.75) is 43.6 Å². The molecule has 5 aliphatic rings. The first-order valence-corrected chi connectivity index (χ1v) is 15.8. The molecule has 46 heavy (non-hydrogen) atoms. The molecular formula is C31H32ClF3N8O3. The van der Waals surface area contributed by atoms with E-state index in [2.05, 4.69) is 30.5 Å². The number of pyridine rings is 1. The number of alkyl carbamates (subject to hydrolysis) is 1. The Morgan fingerprint density at radius 2 is 2.04 bits per heavy atom. The molecule has 1 amide bonds. The molecule has 2 N–H and O–H groups in total. The number of aromatic nitrogens is 5. The van der Waals surface area contributed by atoms with E-state index in [1.165, 1.54) is 6.20 Å². The molecule has 4 aromatic rings. The summed E-state index contributed by atoms with van der Waals surface area (Å²) in [7, 11) is 3.45. The Labute approximate surface area is 266 Å². The summed E-state index contributed by atoms with van der Waals surface area (Å²) >= 11 is 6.86. The SMILES string of the molecule is CN(C)C[C@]1(COc2nc3c4cnc(c(F)c4n2)-c2c(c(Cl)cc4[nH]ncc24)[C@H]2C[C@H]2CCOC(=O)N[C@@H]2CCN3C2)CC1(F)F. The number of aromatic amines is 1. The van der Waals surface area contributed by atoms with E-state index >= 15 is 4.39 Å². The molecule has 6 heterocycles. The second-order valence-corrected chi connectivity index (χ2v) is 13.7. The van der Waals surface area contributed by atoms with E-state index < -0.39 is 23.2 Å². The van der Waals surface area contributed by atoms with E-state index in [1.54, 1.807) is 31.3 Å². The molecule has 0 unspecified atom stereocenters. The van der Waals surface area contributed by atoms with Crippen LogP contribution in [-0.4, -0.2) is 95.1 Å². The molecule has 4 atom stereocenters. The van der Waals surface area contributed by atoms with Gasteiger partial charge in [-0.1, -0.05) is 11.6 Å². The fourth-order valence-corrected chi connectivity index (χ4v) is 7.60. The highest BCUT2D eigenvalue weighted by Crippen LogP contribution is 2.61. The Balaban J connectivity index is 1.29. The maximum Gasteiger partial charge on any atom is 0.407 e. The standard InChI is InChI=1S/C31H32ClF3N8O3/c1-42(2)13-30(12-31(30,34)35)14-46-28-39-25-19-9-36-26(24(25)33)23-18-10-37-41-21(18)8-20(32)22(23)17-7-15(17)4-6-45-29(44)38-16-3-5-43(11-16)27(19)40-28/h8-10,15-17H,3-7,11-14H2,1-2H3,(H,37,41)(H,38,44)/t15-,16-,17+,30+/m1/s1. The molecule has 0 radical (unpaired) electrons. The smallest absolute Gasteiger partial charge is 0.407 e. The molecule has 1 aromatic carbocycles. The summed E-state index contributed by atoms with van der Waals surface area (Å²) in [5.41, 5.74) is 0.486. The van der Waals surface area contributed by atoms with Crippen LogP contribution in [0.15, 0.2) is 18.5 Å². The van der Waals surface area contributed by atoms with E-state index in [0.29, 0.717) is 58.6 Å². The zero-order valence-corrected chi connectivity index (χ0v) is 26.0. The van der Waals surface area contributed by atoms with Crippen LogP contribution in [0.25, 0.3) is 33.1 Å². The third-order valence-corrected chi connectivity index (χ3v) is 10.1. The van der Waals surface area contributed by atoms with Crippen LogP contribution in [0.3, 0.4) is 0 Å². The average Bonchev–Trinajstić information content (AvgIpc) is 3.64. The number of H-pyrrole nitrogens is 1. The predicted octanol–water partition coefficient (Wildman–Crippen LogP) is 5.14. The summed E-state index contributed by atoms with van der Waals surface area (Å²) in [4.78, 5) is 29.9. The van der Waals surface area contributed by atoms with Gasteiger partial charge < -0.3 is 24.6 Å². The minimum Gasteiger partial charge on any atom is -0.463 e. The summed E-state index contributed by atoms with van der Waals surface area (Å²) in [6.07, 6.45) is 4.34. The molecule has 1 saturated heterocycles. The minimum atomic E-state index is -2.90. The van der Waals surface area contributed by atoms with Crippen LogP contribution >= 0.6 is 11.6 Å². The molecule has 2 saturated carbocycles. The molecule has 11 nitrogen and oxygen atoms in total. The number of carbonyl (C=O) groups is 1. The van der Waals surface area contributed by atoms with Gasteiger partial charge in [-0.05, 0) is 56.8 Å². The van der Waals surface area contributed by atoms with Gasteiger partial charge in [-0.3, -0.25) is 10.1 Å². The number of hydrogen-bond donors (Lipinski definition) is 2. The van der Waals surface area contributed by atoms with Crippen molar-refractivity contribution in [3.63, 3.8) is 0 Å². The number of nitrogens with zero attached hydrogens (tertiary/aromatic N) is 6. The molecule has 3 aromatic heterocycles. The average molecular weight is 657 g/mol. The van der Waals surface area contributed by atoms with E-state index in [1.807, 2.05) is 4.90 Å². The number of benzene rings is 1. The van der Waals surface area contributed by atoms with Crippen LogP contribution in [0.1, 0.15) is 37.2 Å². The van der Waals surface area contributed by atoms with E-state index in [-0.39, 0.29) is 61.3 Å². The molecule has 15 heteroatoms. The molecule has 3 aliphatic heterocycles. The zero-order chi connectivity index (χ0) is 32.0. The van der Waals surface area contributed by atoms with Gasteiger partial charge in [0.05, 0.1) is 35.2 Å². The molecule has 0 spiro atoms. The van der Waals surface area contributed by atoms with Gasteiger partial charge in [0.1, 0.15) is 23.6 Å². The normalized spacial score (nSPS) is 26.6. The first-order chi connectivity index (χ1) is 22.0. The molecule has 3 fully saturated rings. The summed E-state index contributed by atoms with van der Waals surface area (Å²) in [6, 6.07) is 1.32. The van der Waals surface area contributed by atoms with Crippen molar-refractivity contribution in [2.75, 3.05) is 51.8 Å².